The number of carbonyl (C=O) groups is 1. The molecule has 5 heteroatoms. The Labute approximate surface area is 142 Å². The molecule has 0 amide bonds. The van der Waals surface area contributed by atoms with Crippen LogP contribution in [0.25, 0.3) is 10.1 Å². The zero-order valence-corrected chi connectivity index (χ0v) is 13.5. The normalized spacial score (nSPS) is 14.8. The second-order valence-corrected chi connectivity index (χ2v) is 6.72. The molecule has 2 atom stereocenters. The molecule has 3 nitrogen and oxygen atoms in total. The molecule has 2 aromatic carbocycles. The molecule has 0 aliphatic carbocycles. The highest BCUT2D eigenvalue weighted by molar-refractivity contribution is 7.19. The summed E-state index contributed by atoms with van der Waals surface area (Å²) in [6, 6.07) is 18.0. The van der Waals surface area contributed by atoms with E-state index in [0.717, 1.165) is 10.1 Å². The van der Waals surface area contributed by atoms with Gasteiger partial charge in [-0.1, -0.05) is 41.9 Å². The van der Waals surface area contributed by atoms with Crippen LogP contribution in [0.5, 0.6) is 0 Å². The lowest BCUT2D eigenvalue weighted by molar-refractivity contribution is -0.114. The van der Waals surface area contributed by atoms with Crippen LogP contribution in [-0.4, -0.2) is 11.4 Å². The summed E-state index contributed by atoms with van der Waals surface area (Å²) in [7, 11) is 0. The molecule has 1 aromatic heterocycles. The highest BCUT2D eigenvalue weighted by Gasteiger charge is 2.42. The van der Waals surface area contributed by atoms with Crippen molar-refractivity contribution in [1.82, 2.24) is 0 Å². The van der Waals surface area contributed by atoms with E-state index in [1.54, 1.807) is 30.3 Å². The van der Waals surface area contributed by atoms with Gasteiger partial charge in [-0.25, -0.2) is 0 Å². The topological polar surface area (TPSA) is 61.1 Å². The van der Waals surface area contributed by atoms with Gasteiger partial charge in [0, 0.05) is 14.6 Å². The van der Waals surface area contributed by atoms with Crippen molar-refractivity contribution in [3.63, 3.8) is 0 Å². The van der Waals surface area contributed by atoms with Gasteiger partial charge in [0.05, 0.1) is 6.07 Å². The van der Waals surface area contributed by atoms with Crippen molar-refractivity contribution in [3.05, 3.63) is 70.1 Å². The molecule has 0 radical (unpaired) electrons. The van der Waals surface area contributed by atoms with Crippen LogP contribution in [0.3, 0.4) is 0 Å². The molecule has 0 saturated carbocycles. The van der Waals surface area contributed by atoms with E-state index in [1.807, 2.05) is 30.3 Å². The standard InChI is InChI=1S/C18H12ClNO2S/c19-14-6-3-5-13(8-14)17(22)18(10-20,11-21)16-9-12-4-1-2-7-15(12)23-16/h1-9,11,17,22H. The Bertz CT molecular complexity index is 882. The largest absolute Gasteiger partial charge is 0.386 e. The Morgan fingerprint density at radius 1 is 1.22 bits per heavy atom. The number of carbonyl (C=O) groups excluding carboxylic acids is 1. The molecule has 0 aliphatic heterocycles. The predicted molar refractivity (Wildman–Crippen MR) is 91.6 cm³/mol. The summed E-state index contributed by atoms with van der Waals surface area (Å²) < 4.78 is 0.960. The maximum absolute atomic E-state index is 11.8. The van der Waals surface area contributed by atoms with E-state index in [0.29, 0.717) is 21.7 Å². The Balaban J connectivity index is 2.16. The van der Waals surface area contributed by atoms with Crippen LogP contribution < -0.4 is 0 Å². The molecule has 0 fully saturated rings. The van der Waals surface area contributed by atoms with Gasteiger partial charge in [0.1, 0.15) is 12.4 Å². The SMILES string of the molecule is N#CC(C=O)(c1cc2ccccc2s1)C(O)c1cccc(Cl)c1. The van der Waals surface area contributed by atoms with Crippen LogP contribution in [0.2, 0.25) is 5.02 Å². The summed E-state index contributed by atoms with van der Waals surface area (Å²) in [4.78, 5) is 12.3. The number of aliphatic hydroxyl groups is 1. The number of thiophene rings is 1. The molecule has 0 bridgehead atoms. The highest BCUT2D eigenvalue weighted by atomic mass is 35.5. The van der Waals surface area contributed by atoms with Crippen LogP contribution in [0.4, 0.5) is 0 Å². The van der Waals surface area contributed by atoms with Gasteiger partial charge in [0.15, 0.2) is 5.41 Å². The molecular weight excluding hydrogens is 330 g/mol. The molecule has 0 aliphatic rings. The first-order chi connectivity index (χ1) is 11.1. The van der Waals surface area contributed by atoms with E-state index in [2.05, 4.69) is 0 Å². The van der Waals surface area contributed by atoms with Gasteiger partial charge in [-0.15, -0.1) is 11.3 Å². The van der Waals surface area contributed by atoms with Gasteiger partial charge in [0.25, 0.3) is 0 Å². The van der Waals surface area contributed by atoms with E-state index >= 15 is 0 Å². The van der Waals surface area contributed by atoms with Crippen molar-refractivity contribution in [3.8, 4) is 6.07 Å². The number of hydrogen-bond donors (Lipinski definition) is 1. The fourth-order valence-corrected chi connectivity index (χ4v) is 3.91. The molecule has 3 rings (SSSR count). The van der Waals surface area contributed by atoms with Crippen LogP contribution in [-0.2, 0) is 10.2 Å². The van der Waals surface area contributed by atoms with Crippen molar-refractivity contribution in [2.75, 3.05) is 0 Å². The number of nitriles is 1. The van der Waals surface area contributed by atoms with Crippen molar-refractivity contribution in [2.24, 2.45) is 0 Å². The van der Waals surface area contributed by atoms with Gasteiger partial charge in [-0.05, 0) is 35.2 Å². The van der Waals surface area contributed by atoms with Crippen LogP contribution >= 0.6 is 22.9 Å². The van der Waals surface area contributed by atoms with Crippen LogP contribution in [0.15, 0.2) is 54.6 Å². The third-order valence-corrected chi connectivity index (χ3v) is 5.30. The van der Waals surface area contributed by atoms with Gasteiger partial charge in [-0.2, -0.15) is 5.26 Å². The fraction of sp³-hybridized carbons (Fsp3) is 0.111. The van der Waals surface area contributed by atoms with Crippen LogP contribution in [0, 0.1) is 11.3 Å². The van der Waals surface area contributed by atoms with Crippen molar-refractivity contribution in [1.29, 1.82) is 5.26 Å². The molecule has 0 spiro atoms. The molecule has 114 valence electrons. The minimum Gasteiger partial charge on any atom is -0.386 e. The number of halogens is 1. The number of benzene rings is 2. The lowest BCUT2D eigenvalue weighted by Crippen LogP contribution is -2.33. The summed E-state index contributed by atoms with van der Waals surface area (Å²) in [6.45, 7) is 0. The number of nitrogens with zero attached hydrogens (tertiary/aromatic N) is 1. The molecule has 1 heterocycles. The van der Waals surface area contributed by atoms with E-state index in [4.69, 9.17) is 11.6 Å². The Morgan fingerprint density at radius 2 is 2.00 bits per heavy atom. The average Bonchev–Trinajstić information content (AvgIpc) is 3.00. The number of aldehydes is 1. The minimum absolute atomic E-state index is 0.434. The van der Waals surface area contributed by atoms with Gasteiger partial charge < -0.3 is 9.90 Å². The first-order valence-corrected chi connectivity index (χ1v) is 8.10. The Kier molecular flexibility index (Phi) is 4.18. The summed E-state index contributed by atoms with van der Waals surface area (Å²) in [5, 5.41) is 21.8. The summed E-state index contributed by atoms with van der Waals surface area (Å²) in [5.74, 6) is 0. The first kappa shape index (κ1) is 15.7. The number of aliphatic hydroxyl groups excluding tert-OH is 1. The van der Waals surface area contributed by atoms with Gasteiger partial charge in [0.2, 0.25) is 0 Å². The third kappa shape index (κ3) is 2.64. The summed E-state index contributed by atoms with van der Waals surface area (Å²) in [6.07, 6.45) is -0.778. The lowest BCUT2D eigenvalue weighted by atomic mass is 9.80. The fourth-order valence-electron chi connectivity index (χ4n) is 2.53. The second kappa shape index (κ2) is 6.13. The quantitative estimate of drug-likeness (QED) is 0.722. The van der Waals surface area contributed by atoms with E-state index < -0.39 is 11.5 Å². The van der Waals surface area contributed by atoms with Gasteiger partial charge in [-0.3, -0.25) is 0 Å². The number of hydrogen-bond acceptors (Lipinski definition) is 4. The number of fused-ring (bicyclic) bond motifs is 1. The molecular formula is C18H12ClNO2S. The van der Waals surface area contributed by atoms with Gasteiger partial charge >= 0.3 is 0 Å². The van der Waals surface area contributed by atoms with Crippen molar-refractivity contribution in [2.45, 2.75) is 11.5 Å². The third-order valence-electron chi connectivity index (χ3n) is 3.80. The minimum atomic E-state index is -1.66. The predicted octanol–water partition coefficient (Wildman–Crippen LogP) is 4.25. The molecule has 3 aromatic rings. The summed E-state index contributed by atoms with van der Waals surface area (Å²) >= 11 is 7.29. The van der Waals surface area contributed by atoms with Crippen LogP contribution in [0.1, 0.15) is 16.5 Å². The Morgan fingerprint density at radius 3 is 2.65 bits per heavy atom. The number of rotatable bonds is 4. The average molecular weight is 342 g/mol. The Hall–Kier alpha value is -2.19. The maximum Gasteiger partial charge on any atom is 0.176 e. The second-order valence-electron chi connectivity index (χ2n) is 5.20. The smallest absolute Gasteiger partial charge is 0.176 e. The van der Waals surface area contributed by atoms with E-state index in [1.165, 1.54) is 11.3 Å². The zero-order chi connectivity index (χ0) is 16.4. The van der Waals surface area contributed by atoms with Crippen molar-refractivity contribution < 1.29 is 9.90 Å². The molecule has 2 unspecified atom stereocenters. The van der Waals surface area contributed by atoms with Crippen molar-refractivity contribution >= 4 is 39.3 Å². The molecule has 1 N–H and O–H groups in total. The molecule has 0 saturated heterocycles. The van der Waals surface area contributed by atoms with E-state index in [-0.39, 0.29) is 0 Å². The zero-order valence-electron chi connectivity index (χ0n) is 11.9. The van der Waals surface area contributed by atoms with E-state index in [9.17, 15) is 15.2 Å². The lowest BCUT2D eigenvalue weighted by Gasteiger charge is -2.25. The monoisotopic (exact) mass is 341 g/mol. The maximum atomic E-state index is 11.8. The first-order valence-electron chi connectivity index (χ1n) is 6.91. The summed E-state index contributed by atoms with van der Waals surface area (Å²) in [5.41, 5.74) is -1.22. The molecule has 23 heavy (non-hydrogen) atoms. The highest BCUT2D eigenvalue weighted by Crippen LogP contribution is 2.41.